The Hall–Kier alpha value is -8.39. The number of hydrogen-bond acceptors (Lipinski definition) is 4. The molecule has 294 valence electrons. The van der Waals surface area contributed by atoms with E-state index in [1.165, 1.54) is 49.5 Å². The predicted molar refractivity (Wildman–Crippen MR) is 258 cm³/mol. The largest absolute Gasteiger partial charge is 0.454 e. The Morgan fingerprint density at radius 1 is 0.476 bits per heavy atom. The lowest BCUT2D eigenvalue weighted by Crippen LogP contribution is -2.36. The summed E-state index contributed by atoms with van der Waals surface area (Å²) in [5.74, 6) is 0. The Kier molecular flexibility index (Phi) is 7.47. The van der Waals surface area contributed by atoms with Crippen LogP contribution in [0.1, 0.15) is 33.4 Å². The van der Waals surface area contributed by atoms with Crippen LogP contribution < -0.4 is 9.80 Å². The van der Waals surface area contributed by atoms with E-state index in [1.54, 1.807) is 0 Å². The zero-order valence-corrected chi connectivity index (χ0v) is 34.4. The Balaban J connectivity index is 1.21. The lowest BCUT2D eigenvalue weighted by atomic mass is 9.64. The minimum Gasteiger partial charge on any atom is -0.454 e. The molecular weight excluding hydrogens is 767 g/mol. The van der Waals surface area contributed by atoms with Crippen molar-refractivity contribution < 1.29 is 4.42 Å². The van der Waals surface area contributed by atoms with Gasteiger partial charge in [0.1, 0.15) is 5.58 Å². The van der Waals surface area contributed by atoms with Crippen LogP contribution >= 0.6 is 0 Å². The van der Waals surface area contributed by atoms with Crippen molar-refractivity contribution in [1.29, 1.82) is 5.26 Å². The molecule has 0 radical (unpaired) electrons. The van der Waals surface area contributed by atoms with E-state index in [0.29, 0.717) is 5.56 Å². The van der Waals surface area contributed by atoms with Gasteiger partial charge in [-0.25, -0.2) is 0 Å². The number of para-hydroxylation sites is 5. The number of aryl methyl sites for hydroxylation is 1. The van der Waals surface area contributed by atoms with Gasteiger partial charge in [0, 0.05) is 27.5 Å². The first-order valence-electron chi connectivity index (χ1n) is 21.5. The first-order valence-corrected chi connectivity index (χ1v) is 21.5. The normalized spacial score (nSPS) is 13.2. The number of rotatable bonds is 4. The van der Waals surface area contributed by atoms with Gasteiger partial charge in [-0.1, -0.05) is 146 Å². The lowest BCUT2D eigenvalue weighted by molar-refractivity contribution is 0.666. The van der Waals surface area contributed by atoms with Gasteiger partial charge in [-0.05, 0) is 123 Å². The maximum absolute atomic E-state index is 9.97. The number of fused-ring (bicyclic) bond motifs is 16. The molecule has 1 aliphatic carbocycles. The second-order valence-electron chi connectivity index (χ2n) is 16.7. The molecule has 4 heteroatoms. The molecule has 4 nitrogen and oxygen atoms in total. The second-order valence-corrected chi connectivity index (χ2v) is 16.7. The number of benzene rings is 10. The van der Waals surface area contributed by atoms with E-state index in [1.807, 2.05) is 12.1 Å². The SMILES string of the molecule is Cc1cccc2c1oc1c(N(c3ccc(C#N)cc3)c3cc4c(c5ccccc35)-c3c(ccc5ccccc35)C43c4ccccc4N(c4ccccc4)c4ccccc43)cccc12. The van der Waals surface area contributed by atoms with Crippen LogP contribution in [0.2, 0.25) is 0 Å². The van der Waals surface area contributed by atoms with E-state index in [9.17, 15) is 5.26 Å². The summed E-state index contributed by atoms with van der Waals surface area (Å²) < 4.78 is 6.94. The van der Waals surface area contributed by atoms with E-state index in [4.69, 9.17) is 4.42 Å². The van der Waals surface area contributed by atoms with E-state index in [-0.39, 0.29) is 0 Å². The van der Waals surface area contributed by atoms with Gasteiger partial charge < -0.3 is 14.2 Å². The monoisotopic (exact) mass is 803 g/mol. The van der Waals surface area contributed by atoms with Gasteiger partial charge >= 0.3 is 0 Å². The van der Waals surface area contributed by atoms with E-state index in [2.05, 4.69) is 217 Å². The first kappa shape index (κ1) is 35.4. The molecule has 0 unspecified atom stereocenters. The average molecular weight is 804 g/mol. The average Bonchev–Trinajstić information content (AvgIpc) is 3.88. The fourth-order valence-electron chi connectivity index (χ4n) is 11.0. The molecule has 0 amide bonds. The minimum absolute atomic E-state index is 0.606. The smallest absolute Gasteiger partial charge is 0.159 e. The molecule has 0 bridgehead atoms. The van der Waals surface area contributed by atoms with Crippen molar-refractivity contribution in [3.05, 3.63) is 240 Å². The minimum atomic E-state index is -0.704. The molecule has 0 N–H and O–H groups in total. The van der Waals surface area contributed by atoms with Crippen LogP contribution in [0.25, 0.3) is 54.6 Å². The van der Waals surface area contributed by atoms with Crippen molar-refractivity contribution in [2.24, 2.45) is 0 Å². The summed E-state index contributed by atoms with van der Waals surface area (Å²) >= 11 is 0. The third-order valence-corrected chi connectivity index (χ3v) is 13.6. The van der Waals surface area contributed by atoms with Crippen LogP contribution in [-0.2, 0) is 5.41 Å². The summed E-state index contributed by atoms with van der Waals surface area (Å²) in [4.78, 5) is 4.79. The maximum atomic E-state index is 9.97. The summed E-state index contributed by atoms with van der Waals surface area (Å²) in [7, 11) is 0. The number of nitriles is 1. The zero-order chi connectivity index (χ0) is 41.8. The van der Waals surface area contributed by atoms with Crippen molar-refractivity contribution in [1.82, 2.24) is 0 Å². The molecule has 0 fully saturated rings. The molecule has 1 aliphatic heterocycles. The van der Waals surface area contributed by atoms with Crippen molar-refractivity contribution in [2.75, 3.05) is 9.80 Å². The highest BCUT2D eigenvalue weighted by molar-refractivity contribution is 6.18. The number of nitrogens with zero attached hydrogens (tertiary/aromatic N) is 3. The number of hydrogen-bond donors (Lipinski definition) is 0. The third kappa shape index (κ3) is 4.79. The quantitative estimate of drug-likeness (QED) is 0.178. The fraction of sp³-hybridized carbons (Fsp3) is 0.0339. The highest BCUT2D eigenvalue weighted by Gasteiger charge is 2.53. The molecule has 2 heterocycles. The number of furan rings is 1. The van der Waals surface area contributed by atoms with Crippen molar-refractivity contribution in [3.8, 4) is 17.2 Å². The van der Waals surface area contributed by atoms with Gasteiger partial charge in [-0.3, -0.25) is 0 Å². The summed E-state index contributed by atoms with van der Waals surface area (Å²) in [5, 5.41) is 16.8. The van der Waals surface area contributed by atoms with Crippen LogP contribution in [0, 0.1) is 18.3 Å². The molecule has 11 aromatic rings. The molecule has 0 saturated heterocycles. The highest BCUT2D eigenvalue weighted by Crippen LogP contribution is 2.66. The Morgan fingerprint density at radius 3 is 1.83 bits per heavy atom. The van der Waals surface area contributed by atoms with Gasteiger partial charge in [0.2, 0.25) is 0 Å². The van der Waals surface area contributed by atoms with Gasteiger partial charge in [-0.2, -0.15) is 5.26 Å². The lowest BCUT2D eigenvalue weighted by Gasteiger charge is -2.45. The van der Waals surface area contributed by atoms with Crippen LogP contribution in [0.3, 0.4) is 0 Å². The zero-order valence-electron chi connectivity index (χ0n) is 34.4. The summed E-state index contributed by atoms with van der Waals surface area (Å²) in [6.45, 7) is 2.11. The Labute approximate surface area is 364 Å². The van der Waals surface area contributed by atoms with Gasteiger partial charge in [0.05, 0.1) is 39.8 Å². The molecule has 1 aromatic heterocycles. The number of anilines is 6. The van der Waals surface area contributed by atoms with Gasteiger partial charge in [0.25, 0.3) is 0 Å². The Morgan fingerprint density at radius 2 is 1.08 bits per heavy atom. The molecular formula is C59H37N3O. The van der Waals surface area contributed by atoms with Crippen molar-refractivity contribution in [2.45, 2.75) is 12.3 Å². The van der Waals surface area contributed by atoms with Gasteiger partial charge in [-0.15, -0.1) is 0 Å². The topological polar surface area (TPSA) is 43.4 Å². The summed E-state index contributed by atoms with van der Waals surface area (Å²) in [6.07, 6.45) is 0. The van der Waals surface area contributed by atoms with Crippen LogP contribution in [0.4, 0.5) is 34.1 Å². The summed E-state index contributed by atoms with van der Waals surface area (Å²) in [6, 6.07) is 76.8. The van der Waals surface area contributed by atoms with Crippen molar-refractivity contribution >= 4 is 77.6 Å². The van der Waals surface area contributed by atoms with E-state index >= 15 is 0 Å². The van der Waals surface area contributed by atoms with Gasteiger partial charge in [0.15, 0.2) is 5.58 Å². The highest BCUT2D eigenvalue weighted by atomic mass is 16.3. The third-order valence-electron chi connectivity index (χ3n) is 13.6. The second kappa shape index (κ2) is 13.3. The van der Waals surface area contributed by atoms with E-state index in [0.717, 1.165) is 67.0 Å². The molecule has 63 heavy (non-hydrogen) atoms. The molecule has 10 aromatic carbocycles. The summed E-state index contributed by atoms with van der Waals surface area (Å²) in [5.41, 5.74) is 16.4. The molecule has 13 rings (SSSR count). The Bertz CT molecular complexity index is 3680. The molecule has 0 atom stereocenters. The fourth-order valence-corrected chi connectivity index (χ4v) is 11.0. The van der Waals surface area contributed by atoms with Crippen LogP contribution in [0.15, 0.2) is 211 Å². The molecule has 2 aliphatic rings. The van der Waals surface area contributed by atoms with Crippen molar-refractivity contribution in [3.63, 3.8) is 0 Å². The van der Waals surface area contributed by atoms with Crippen LogP contribution in [-0.4, -0.2) is 0 Å². The van der Waals surface area contributed by atoms with Crippen LogP contribution in [0.5, 0.6) is 0 Å². The maximum Gasteiger partial charge on any atom is 0.159 e. The standard InChI is InChI=1S/C59H37N3O/c1-37-15-13-22-45-46-23-14-28-53(58(46)63-57(37)45)62(41-32-29-38(36-60)30-33-41)54-35-50-56(44-21-8-7-20-43(44)54)55-42-19-6-5-16-39(42)31-34-49(55)59(50)47-24-9-11-26-51(47)61(40-17-3-2-4-18-40)52-27-12-10-25-48(52)59/h2-35H,1H3. The molecule has 1 spiro atoms. The molecule has 0 saturated carbocycles. The predicted octanol–water partition coefficient (Wildman–Crippen LogP) is 15.7. The van der Waals surface area contributed by atoms with E-state index < -0.39 is 5.41 Å². The first-order chi connectivity index (χ1) is 31.1.